The summed E-state index contributed by atoms with van der Waals surface area (Å²) in [6, 6.07) is 16.9. The van der Waals surface area contributed by atoms with E-state index in [9.17, 15) is 4.79 Å². The molecule has 5 nitrogen and oxygen atoms in total. The number of hydrogen-bond acceptors (Lipinski definition) is 5. The summed E-state index contributed by atoms with van der Waals surface area (Å²) >= 11 is 0. The number of esters is 1. The Labute approximate surface area is 138 Å². The van der Waals surface area contributed by atoms with E-state index in [1.54, 1.807) is 19.1 Å². The van der Waals surface area contributed by atoms with Gasteiger partial charge in [-0.2, -0.15) is 5.26 Å². The van der Waals surface area contributed by atoms with Crippen LogP contribution in [0.25, 0.3) is 28.3 Å². The van der Waals surface area contributed by atoms with Gasteiger partial charge < -0.3 is 9.26 Å². The first-order chi connectivity index (χ1) is 11.7. The molecule has 3 aromatic rings. The van der Waals surface area contributed by atoms with Crippen molar-refractivity contribution in [3.63, 3.8) is 0 Å². The molecule has 2 aromatic carbocycles. The van der Waals surface area contributed by atoms with Crippen molar-refractivity contribution >= 4 is 22.9 Å². The number of carbonyl (C=O) groups is 1. The highest BCUT2D eigenvalue weighted by molar-refractivity contribution is 5.99. The van der Waals surface area contributed by atoms with Crippen molar-refractivity contribution in [1.29, 1.82) is 5.26 Å². The molecule has 1 heterocycles. The van der Waals surface area contributed by atoms with Gasteiger partial charge in [-0.1, -0.05) is 41.6 Å². The number of benzene rings is 2. The van der Waals surface area contributed by atoms with Crippen LogP contribution < -0.4 is 0 Å². The van der Waals surface area contributed by atoms with Gasteiger partial charge in [0.1, 0.15) is 17.2 Å². The van der Waals surface area contributed by atoms with E-state index >= 15 is 0 Å². The van der Waals surface area contributed by atoms with Crippen molar-refractivity contribution in [2.45, 2.75) is 6.92 Å². The summed E-state index contributed by atoms with van der Waals surface area (Å²) in [5.74, 6) is 0.0178. The zero-order valence-electron chi connectivity index (χ0n) is 13.0. The van der Waals surface area contributed by atoms with Crippen LogP contribution in [0.5, 0.6) is 0 Å². The minimum absolute atomic E-state index is 0.0473. The van der Waals surface area contributed by atoms with E-state index in [1.807, 2.05) is 42.5 Å². The predicted octanol–water partition coefficient (Wildman–Crippen LogP) is 3.96. The monoisotopic (exact) mass is 318 g/mol. The first-order valence-corrected chi connectivity index (χ1v) is 7.46. The molecular weight excluding hydrogens is 304 g/mol. The van der Waals surface area contributed by atoms with Gasteiger partial charge in [0.15, 0.2) is 5.76 Å². The number of nitrogens with zero attached hydrogens (tertiary/aromatic N) is 2. The fourth-order valence-corrected chi connectivity index (χ4v) is 2.36. The molecule has 1 aromatic heterocycles. The summed E-state index contributed by atoms with van der Waals surface area (Å²) in [6.07, 6.45) is 1.50. The van der Waals surface area contributed by atoms with Gasteiger partial charge in [-0.05, 0) is 30.7 Å². The molecule has 5 heteroatoms. The molecule has 0 spiro atoms. The van der Waals surface area contributed by atoms with Gasteiger partial charge in [-0.15, -0.1) is 0 Å². The van der Waals surface area contributed by atoms with Crippen molar-refractivity contribution < 1.29 is 14.1 Å². The zero-order valence-corrected chi connectivity index (χ0v) is 13.0. The summed E-state index contributed by atoms with van der Waals surface area (Å²) in [4.78, 5) is 11.7. The van der Waals surface area contributed by atoms with Crippen LogP contribution in [0.15, 0.2) is 58.6 Å². The molecule has 0 atom stereocenters. The van der Waals surface area contributed by atoms with Crippen molar-refractivity contribution in [3.8, 4) is 17.4 Å². The second-order valence-electron chi connectivity index (χ2n) is 5.04. The van der Waals surface area contributed by atoms with Gasteiger partial charge in [-0.3, -0.25) is 0 Å². The Morgan fingerprint density at radius 2 is 2.08 bits per heavy atom. The topological polar surface area (TPSA) is 76.1 Å². The van der Waals surface area contributed by atoms with Crippen LogP contribution in [0.1, 0.15) is 12.5 Å². The quantitative estimate of drug-likeness (QED) is 0.413. The average Bonchev–Trinajstić information content (AvgIpc) is 3.03. The van der Waals surface area contributed by atoms with Gasteiger partial charge >= 0.3 is 5.97 Å². The Balaban J connectivity index is 2.05. The molecule has 24 heavy (non-hydrogen) atoms. The van der Waals surface area contributed by atoms with Gasteiger partial charge in [-0.25, -0.2) is 4.79 Å². The minimum Gasteiger partial charge on any atom is -0.462 e. The second-order valence-corrected chi connectivity index (χ2v) is 5.04. The number of aromatic nitrogens is 1. The lowest BCUT2D eigenvalue weighted by atomic mass is 10.0. The third-order valence-corrected chi connectivity index (χ3v) is 3.46. The van der Waals surface area contributed by atoms with Gasteiger partial charge in [0.05, 0.1) is 12.0 Å². The molecule has 0 aliphatic carbocycles. The Bertz CT molecular complexity index is 950. The largest absolute Gasteiger partial charge is 0.462 e. The Morgan fingerprint density at radius 1 is 1.29 bits per heavy atom. The molecule has 0 amide bonds. The Morgan fingerprint density at radius 3 is 2.79 bits per heavy atom. The third kappa shape index (κ3) is 3.03. The number of hydrogen-bond donors (Lipinski definition) is 0. The summed E-state index contributed by atoms with van der Waals surface area (Å²) in [5.41, 5.74) is 2.27. The number of fused-ring (bicyclic) bond motifs is 1. The van der Waals surface area contributed by atoms with Crippen LogP contribution in [0.4, 0.5) is 0 Å². The van der Waals surface area contributed by atoms with E-state index in [0.29, 0.717) is 16.8 Å². The van der Waals surface area contributed by atoms with Crippen LogP contribution in [0, 0.1) is 11.3 Å². The molecule has 0 bridgehead atoms. The maximum absolute atomic E-state index is 11.7. The first-order valence-electron chi connectivity index (χ1n) is 7.46. The highest BCUT2D eigenvalue weighted by atomic mass is 16.5. The van der Waals surface area contributed by atoms with Crippen LogP contribution in [-0.2, 0) is 9.53 Å². The average molecular weight is 318 g/mol. The molecule has 0 radical (unpaired) electrons. The van der Waals surface area contributed by atoms with Crippen LogP contribution in [-0.4, -0.2) is 17.7 Å². The summed E-state index contributed by atoms with van der Waals surface area (Å²) < 4.78 is 10.3. The summed E-state index contributed by atoms with van der Waals surface area (Å²) in [5, 5.41) is 14.0. The minimum atomic E-state index is -0.631. The van der Waals surface area contributed by atoms with Crippen molar-refractivity contribution in [2.75, 3.05) is 6.61 Å². The van der Waals surface area contributed by atoms with Crippen LogP contribution in [0.2, 0.25) is 0 Å². The molecule has 0 fully saturated rings. The van der Waals surface area contributed by atoms with Crippen LogP contribution in [0.3, 0.4) is 0 Å². The SMILES string of the molecule is CCOC(=O)/C(C#N)=C\c1ccc2noc(-c3ccccc3)c2c1. The molecular formula is C19H14N2O3. The third-order valence-electron chi connectivity index (χ3n) is 3.46. The fourth-order valence-electron chi connectivity index (χ4n) is 2.36. The predicted molar refractivity (Wildman–Crippen MR) is 89.7 cm³/mol. The van der Waals surface area contributed by atoms with Gasteiger partial charge in [0.2, 0.25) is 0 Å². The number of ether oxygens (including phenoxy) is 1. The second kappa shape index (κ2) is 6.80. The molecule has 0 unspecified atom stereocenters. The molecule has 0 aliphatic heterocycles. The number of rotatable bonds is 4. The smallest absolute Gasteiger partial charge is 0.348 e. The normalized spacial score (nSPS) is 11.2. The van der Waals surface area contributed by atoms with E-state index in [1.165, 1.54) is 6.08 Å². The van der Waals surface area contributed by atoms with E-state index in [0.717, 1.165) is 10.9 Å². The molecule has 118 valence electrons. The number of nitriles is 1. The lowest BCUT2D eigenvalue weighted by Gasteiger charge is -2.00. The van der Waals surface area contributed by atoms with E-state index in [4.69, 9.17) is 14.5 Å². The van der Waals surface area contributed by atoms with Gasteiger partial charge in [0, 0.05) is 5.56 Å². The first kappa shape index (κ1) is 15.5. The zero-order chi connectivity index (χ0) is 16.9. The van der Waals surface area contributed by atoms with Crippen molar-refractivity contribution in [3.05, 3.63) is 59.7 Å². The number of carbonyl (C=O) groups excluding carboxylic acids is 1. The standard InChI is InChI=1S/C19H14N2O3/c1-2-23-19(22)15(12-20)10-13-8-9-17-16(11-13)18(24-21-17)14-6-4-3-5-7-14/h3-11H,2H2,1H3/b15-10-. The maximum Gasteiger partial charge on any atom is 0.348 e. The van der Waals surface area contributed by atoms with Gasteiger partial charge in [0.25, 0.3) is 0 Å². The van der Waals surface area contributed by atoms with Crippen molar-refractivity contribution in [2.24, 2.45) is 0 Å². The maximum atomic E-state index is 11.7. The van der Waals surface area contributed by atoms with E-state index in [-0.39, 0.29) is 12.2 Å². The highest BCUT2D eigenvalue weighted by Gasteiger charge is 2.13. The molecule has 3 rings (SSSR count). The van der Waals surface area contributed by atoms with Crippen molar-refractivity contribution in [1.82, 2.24) is 5.16 Å². The molecule has 0 saturated carbocycles. The molecule has 0 saturated heterocycles. The summed E-state index contributed by atoms with van der Waals surface area (Å²) in [6.45, 7) is 1.92. The lowest BCUT2D eigenvalue weighted by molar-refractivity contribution is -0.137. The summed E-state index contributed by atoms with van der Waals surface area (Å²) in [7, 11) is 0. The van der Waals surface area contributed by atoms with E-state index < -0.39 is 5.97 Å². The highest BCUT2D eigenvalue weighted by Crippen LogP contribution is 2.29. The van der Waals surface area contributed by atoms with Crippen LogP contribution >= 0.6 is 0 Å². The van der Waals surface area contributed by atoms with E-state index in [2.05, 4.69) is 5.16 Å². The lowest BCUT2D eigenvalue weighted by Crippen LogP contribution is -2.05. The Hall–Kier alpha value is -3.39. The molecule has 0 N–H and O–H groups in total. The molecule has 0 aliphatic rings. The Kier molecular flexibility index (Phi) is 4.39. The fraction of sp³-hybridized carbons (Fsp3) is 0.105.